The number of hydrogen-bond acceptors (Lipinski definition) is 5. The predicted octanol–water partition coefficient (Wildman–Crippen LogP) is 0.383. The van der Waals surface area contributed by atoms with Crippen molar-refractivity contribution in [1.29, 1.82) is 0 Å². The van der Waals surface area contributed by atoms with E-state index in [1.807, 2.05) is 6.92 Å². The lowest BCUT2D eigenvalue weighted by Gasteiger charge is -2.41. The Labute approximate surface area is 114 Å². The van der Waals surface area contributed by atoms with Gasteiger partial charge in [-0.3, -0.25) is 0 Å². The van der Waals surface area contributed by atoms with Gasteiger partial charge in [0.05, 0.1) is 11.2 Å². The van der Waals surface area contributed by atoms with E-state index in [4.69, 9.17) is 5.73 Å². The molecule has 0 saturated heterocycles. The highest BCUT2D eigenvalue weighted by molar-refractivity contribution is 8.13. The first-order valence-corrected chi connectivity index (χ1v) is 9.56. The summed E-state index contributed by atoms with van der Waals surface area (Å²) in [6.45, 7) is 2.03. The highest BCUT2D eigenvalue weighted by Crippen LogP contribution is 2.48. The molecule has 8 heteroatoms. The van der Waals surface area contributed by atoms with Crippen molar-refractivity contribution in [2.75, 3.05) is 13.3 Å². The largest absolute Gasteiger partial charge is 0.399 e. The molecule has 0 aromatic heterocycles. The molecule has 1 aliphatic carbocycles. The van der Waals surface area contributed by atoms with Crippen LogP contribution in [-0.2, 0) is 19.9 Å². The minimum Gasteiger partial charge on any atom is -0.399 e. The van der Waals surface area contributed by atoms with Gasteiger partial charge in [0, 0.05) is 13.3 Å². The normalized spacial score (nSPS) is 36.1. The van der Waals surface area contributed by atoms with Crippen LogP contribution < -0.4 is 5.73 Å². The standard InChI is InChI=1S/C11H20N2O4S2/c1-8-5-4-6-11(7-8)9(12)10(18(3,14)15)19(16,17)13(11)2/h8H,4-7,12H2,1-3H3. The van der Waals surface area contributed by atoms with Crippen molar-refractivity contribution in [3.8, 4) is 0 Å². The van der Waals surface area contributed by atoms with Gasteiger partial charge in [0.25, 0.3) is 10.0 Å². The summed E-state index contributed by atoms with van der Waals surface area (Å²) in [5.74, 6) is 0.323. The Hall–Kier alpha value is -0.600. The Morgan fingerprint density at radius 3 is 2.42 bits per heavy atom. The van der Waals surface area contributed by atoms with E-state index in [9.17, 15) is 16.8 Å². The molecule has 0 aromatic carbocycles. The summed E-state index contributed by atoms with van der Waals surface area (Å²) in [5, 5.41) is 0. The molecule has 19 heavy (non-hydrogen) atoms. The van der Waals surface area contributed by atoms with Crippen LogP contribution in [0.25, 0.3) is 0 Å². The van der Waals surface area contributed by atoms with Gasteiger partial charge in [0.1, 0.15) is 0 Å². The molecule has 6 nitrogen and oxygen atoms in total. The average molecular weight is 308 g/mol. The molecule has 2 atom stereocenters. The van der Waals surface area contributed by atoms with Crippen LogP contribution in [0.5, 0.6) is 0 Å². The van der Waals surface area contributed by atoms with E-state index in [1.54, 1.807) is 0 Å². The van der Waals surface area contributed by atoms with Gasteiger partial charge in [-0.05, 0) is 18.8 Å². The second-order valence-electron chi connectivity index (χ2n) is 5.68. The van der Waals surface area contributed by atoms with Crippen LogP contribution >= 0.6 is 0 Å². The van der Waals surface area contributed by atoms with Gasteiger partial charge in [-0.1, -0.05) is 19.8 Å². The first kappa shape index (κ1) is 14.8. The van der Waals surface area contributed by atoms with E-state index >= 15 is 0 Å². The Morgan fingerprint density at radius 2 is 2.00 bits per heavy atom. The van der Waals surface area contributed by atoms with E-state index in [-0.39, 0.29) is 5.70 Å². The Morgan fingerprint density at radius 1 is 1.42 bits per heavy atom. The Bertz CT molecular complexity index is 636. The van der Waals surface area contributed by atoms with Crippen LogP contribution in [0.4, 0.5) is 0 Å². The fourth-order valence-corrected chi connectivity index (χ4v) is 7.19. The molecular formula is C11H20N2O4S2. The van der Waals surface area contributed by atoms with Crippen molar-refractivity contribution in [1.82, 2.24) is 4.31 Å². The number of sulfone groups is 1. The van der Waals surface area contributed by atoms with E-state index in [0.717, 1.165) is 19.1 Å². The monoisotopic (exact) mass is 308 g/mol. The molecule has 0 radical (unpaired) electrons. The van der Waals surface area contributed by atoms with Crippen LogP contribution in [0, 0.1) is 5.92 Å². The third-order valence-electron chi connectivity index (χ3n) is 4.23. The zero-order valence-corrected chi connectivity index (χ0v) is 13.0. The van der Waals surface area contributed by atoms with E-state index in [2.05, 4.69) is 0 Å². The van der Waals surface area contributed by atoms with Crippen LogP contribution in [0.1, 0.15) is 32.6 Å². The number of rotatable bonds is 1. The molecule has 1 fully saturated rings. The lowest BCUT2D eigenvalue weighted by atomic mass is 9.75. The van der Waals surface area contributed by atoms with Crippen LogP contribution in [0.3, 0.4) is 0 Å². The highest BCUT2D eigenvalue weighted by atomic mass is 32.3. The van der Waals surface area contributed by atoms with Gasteiger partial charge < -0.3 is 5.73 Å². The molecule has 1 saturated carbocycles. The van der Waals surface area contributed by atoms with Gasteiger partial charge in [-0.15, -0.1) is 0 Å². The smallest absolute Gasteiger partial charge is 0.256 e. The average Bonchev–Trinajstić information content (AvgIpc) is 2.37. The van der Waals surface area contributed by atoms with Gasteiger partial charge in [-0.2, -0.15) is 4.31 Å². The van der Waals surface area contributed by atoms with Gasteiger partial charge in [0.15, 0.2) is 14.1 Å². The molecule has 0 bridgehead atoms. The maximum absolute atomic E-state index is 12.3. The maximum atomic E-state index is 12.3. The van der Waals surface area contributed by atoms with Crippen molar-refractivity contribution in [3.63, 3.8) is 0 Å². The minimum absolute atomic E-state index is 0.00375. The minimum atomic E-state index is -4.00. The number of nitrogens with two attached hydrogens (primary N) is 1. The number of sulfonamides is 1. The second-order valence-corrected chi connectivity index (χ2v) is 9.80. The molecular weight excluding hydrogens is 288 g/mol. The Balaban J connectivity index is 2.69. The van der Waals surface area contributed by atoms with Crippen LogP contribution in [-0.4, -0.2) is 40.0 Å². The van der Waals surface area contributed by atoms with Gasteiger partial charge >= 0.3 is 0 Å². The summed E-state index contributed by atoms with van der Waals surface area (Å²) in [6.07, 6.45) is 3.91. The summed E-state index contributed by atoms with van der Waals surface area (Å²) in [7, 11) is -6.44. The first-order valence-electron chi connectivity index (χ1n) is 6.23. The molecule has 0 amide bonds. The summed E-state index contributed by atoms with van der Waals surface area (Å²) >= 11 is 0. The molecule has 2 N–H and O–H groups in total. The number of nitrogens with zero attached hydrogens (tertiary/aromatic N) is 1. The quantitative estimate of drug-likeness (QED) is 0.755. The van der Waals surface area contributed by atoms with E-state index in [0.29, 0.717) is 18.8 Å². The summed E-state index contributed by atoms with van der Waals surface area (Å²) < 4.78 is 48.8. The summed E-state index contributed by atoms with van der Waals surface area (Å²) in [4.78, 5) is 0. The third kappa shape index (κ3) is 2.00. The Kier molecular flexibility index (Phi) is 3.27. The van der Waals surface area contributed by atoms with Crippen molar-refractivity contribution in [3.05, 3.63) is 9.93 Å². The molecule has 1 aliphatic heterocycles. The van der Waals surface area contributed by atoms with Crippen LogP contribution in [0.15, 0.2) is 9.93 Å². The molecule has 110 valence electrons. The highest BCUT2D eigenvalue weighted by Gasteiger charge is 2.56. The molecule has 2 unspecified atom stereocenters. The number of likely N-dealkylation sites (N-methyl/N-ethyl adjacent to an activating group) is 1. The molecule has 2 rings (SSSR count). The third-order valence-corrected chi connectivity index (χ3v) is 8.42. The van der Waals surface area contributed by atoms with E-state index in [1.165, 1.54) is 11.4 Å². The zero-order chi connectivity index (χ0) is 14.6. The van der Waals surface area contributed by atoms with Gasteiger partial charge in [0.2, 0.25) is 0 Å². The first-order chi connectivity index (χ1) is 8.53. The SMILES string of the molecule is CC1CCCC2(C1)C(N)=C(S(C)(=O)=O)S(=O)(=O)N2C. The van der Waals surface area contributed by atoms with Crippen molar-refractivity contribution >= 4 is 19.9 Å². The van der Waals surface area contributed by atoms with Gasteiger partial charge in [-0.25, -0.2) is 16.8 Å². The topological polar surface area (TPSA) is 97.5 Å². The fourth-order valence-electron chi connectivity index (χ4n) is 3.30. The van der Waals surface area contributed by atoms with E-state index < -0.39 is 29.6 Å². The van der Waals surface area contributed by atoms with Crippen LogP contribution in [0.2, 0.25) is 0 Å². The molecule has 2 aliphatic rings. The van der Waals surface area contributed by atoms with Crippen molar-refractivity contribution in [2.45, 2.75) is 38.1 Å². The zero-order valence-electron chi connectivity index (χ0n) is 11.4. The lowest BCUT2D eigenvalue weighted by molar-refractivity contribution is 0.162. The summed E-state index contributed by atoms with van der Waals surface area (Å²) in [6, 6.07) is 0. The van der Waals surface area contributed by atoms with Crippen molar-refractivity contribution in [2.24, 2.45) is 11.7 Å². The maximum Gasteiger partial charge on any atom is 0.256 e. The number of hydrogen-bond donors (Lipinski definition) is 1. The molecule has 1 heterocycles. The van der Waals surface area contributed by atoms with Crippen molar-refractivity contribution < 1.29 is 16.8 Å². The molecule has 1 spiro atoms. The lowest BCUT2D eigenvalue weighted by Crippen LogP contribution is -2.50. The summed E-state index contributed by atoms with van der Waals surface area (Å²) in [5.41, 5.74) is 5.13. The fraction of sp³-hybridized carbons (Fsp3) is 0.818. The molecule has 0 aromatic rings. The predicted molar refractivity (Wildman–Crippen MR) is 73.1 cm³/mol. The second kappa shape index (κ2) is 4.20.